The summed E-state index contributed by atoms with van der Waals surface area (Å²) >= 11 is 0. The average molecular weight is 501 g/mol. The molecule has 3 aromatic rings. The van der Waals surface area contributed by atoms with E-state index >= 15 is 0 Å². The van der Waals surface area contributed by atoms with Crippen LogP contribution in [0.2, 0.25) is 0 Å². The molecule has 0 aliphatic carbocycles. The van der Waals surface area contributed by atoms with Crippen molar-refractivity contribution in [2.24, 2.45) is 0 Å². The van der Waals surface area contributed by atoms with Gasteiger partial charge in [0.1, 0.15) is 6.04 Å². The smallest absolute Gasteiger partial charge is 0.416 e. The van der Waals surface area contributed by atoms with E-state index in [0.717, 1.165) is 29.2 Å². The number of esters is 1. The van der Waals surface area contributed by atoms with Gasteiger partial charge in [-0.05, 0) is 62.2 Å². The fraction of sp³-hybridized carbons (Fsp3) is 0.346. The third-order valence-corrected chi connectivity index (χ3v) is 6.24. The highest BCUT2D eigenvalue weighted by Gasteiger charge is 2.38. The number of aromatic nitrogens is 2. The first-order chi connectivity index (χ1) is 17.0. The molecule has 36 heavy (non-hydrogen) atoms. The van der Waals surface area contributed by atoms with Crippen molar-refractivity contribution < 1.29 is 27.5 Å². The molecule has 0 bridgehead atoms. The molecule has 4 rings (SSSR count). The molecule has 190 valence electrons. The van der Waals surface area contributed by atoms with Crippen LogP contribution in [-0.2, 0) is 22.3 Å². The van der Waals surface area contributed by atoms with Gasteiger partial charge in [0.15, 0.2) is 0 Å². The summed E-state index contributed by atoms with van der Waals surface area (Å²) in [4.78, 5) is 27.2. The van der Waals surface area contributed by atoms with Crippen LogP contribution in [0.4, 0.5) is 13.2 Å². The minimum atomic E-state index is -4.41. The summed E-state index contributed by atoms with van der Waals surface area (Å²) < 4.78 is 45.3. The van der Waals surface area contributed by atoms with E-state index in [9.17, 15) is 22.8 Å². The van der Waals surface area contributed by atoms with Gasteiger partial charge in [-0.3, -0.25) is 14.5 Å². The van der Waals surface area contributed by atoms with Crippen LogP contribution < -0.4 is 5.32 Å². The maximum atomic E-state index is 13.0. The second kappa shape index (κ2) is 10.1. The van der Waals surface area contributed by atoms with Crippen molar-refractivity contribution in [3.63, 3.8) is 0 Å². The predicted molar refractivity (Wildman–Crippen MR) is 127 cm³/mol. The van der Waals surface area contributed by atoms with Crippen molar-refractivity contribution in [1.82, 2.24) is 20.0 Å². The van der Waals surface area contributed by atoms with Crippen LogP contribution in [0.25, 0.3) is 5.69 Å². The molecule has 0 radical (unpaired) electrons. The van der Waals surface area contributed by atoms with Gasteiger partial charge < -0.3 is 10.1 Å². The number of ether oxygens (including phenoxy) is 1. The number of carbonyl (C=O) groups is 2. The molecule has 2 atom stereocenters. The Morgan fingerprint density at radius 2 is 1.83 bits per heavy atom. The highest BCUT2D eigenvalue weighted by Crippen LogP contribution is 2.30. The number of carbonyl (C=O) groups excluding carboxylic acids is 2. The SMILES string of the molecule is COC(=O)[C@@H]1C[C@@H](NC(=O)c2cccc(-n3nc(C)cc3C)c2)CN1Cc1ccc(C(F)(F)F)cc1. The number of amides is 1. The zero-order valence-corrected chi connectivity index (χ0v) is 20.2. The van der Waals surface area contributed by atoms with Crippen LogP contribution in [0.5, 0.6) is 0 Å². The van der Waals surface area contributed by atoms with E-state index in [-0.39, 0.29) is 18.5 Å². The summed E-state index contributed by atoms with van der Waals surface area (Å²) in [6.45, 7) is 4.43. The highest BCUT2D eigenvalue weighted by molar-refractivity contribution is 5.95. The number of halogens is 3. The van der Waals surface area contributed by atoms with E-state index in [1.807, 2.05) is 30.9 Å². The number of methoxy groups -OCH3 is 1. The van der Waals surface area contributed by atoms with Crippen LogP contribution in [0.1, 0.15) is 39.3 Å². The first-order valence-electron chi connectivity index (χ1n) is 11.5. The fourth-order valence-electron chi connectivity index (χ4n) is 4.54. The van der Waals surface area contributed by atoms with Crippen molar-refractivity contribution in [2.75, 3.05) is 13.7 Å². The molecule has 2 heterocycles. The van der Waals surface area contributed by atoms with Gasteiger partial charge in [-0.1, -0.05) is 18.2 Å². The van der Waals surface area contributed by atoms with Crippen molar-refractivity contribution in [3.05, 3.63) is 82.7 Å². The number of rotatable bonds is 6. The third kappa shape index (κ3) is 5.59. The van der Waals surface area contributed by atoms with Gasteiger partial charge in [-0.2, -0.15) is 18.3 Å². The number of hydrogen-bond donors (Lipinski definition) is 1. The number of hydrogen-bond acceptors (Lipinski definition) is 5. The van der Waals surface area contributed by atoms with Crippen LogP contribution in [-0.4, -0.2) is 52.3 Å². The van der Waals surface area contributed by atoms with Crippen LogP contribution in [0.3, 0.4) is 0 Å². The standard InChI is InChI=1S/C26H27F3N4O3/c1-16-11-17(2)33(31-16)22-6-4-5-19(12-22)24(34)30-21-13-23(25(35)36-3)32(15-21)14-18-7-9-20(10-8-18)26(27,28)29/h4-12,21,23H,13-15H2,1-3H3,(H,30,34)/t21-,23+/m1/s1. The molecule has 0 saturated carbocycles. The van der Waals surface area contributed by atoms with E-state index in [1.165, 1.54) is 19.2 Å². The second-order valence-corrected chi connectivity index (χ2v) is 8.96. The van der Waals surface area contributed by atoms with Gasteiger partial charge in [0.05, 0.1) is 24.1 Å². The quantitative estimate of drug-likeness (QED) is 0.517. The van der Waals surface area contributed by atoms with Gasteiger partial charge in [-0.15, -0.1) is 0 Å². The number of alkyl halides is 3. The summed E-state index contributed by atoms with van der Waals surface area (Å²) in [5.41, 5.74) is 2.93. The molecule has 1 aliphatic heterocycles. The van der Waals surface area contributed by atoms with E-state index < -0.39 is 23.8 Å². The number of nitrogens with zero attached hydrogens (tertiary/aromatic N) is 3. The molecular formula is C26H27F3N4O3. The van der Waals surface area contributed by atoms with Crippen molar-refractivity contribution >= 4 is 11.9 Å². The van der Waals surface area contributed by atoms with Crippen LogP contribution in [0, 0.1) is 13.8 Å². The lowest BCUT2D eigenvalue weighted by Gasteiger charge is -2.22. The van der Waals surface area contributed by atoms with Gasteiger partial charge in [0.25, 0.3) is 5.91 Å². The van der Waals surface area contributed by atoms with Gasteiger partial charge in [0.2, 0.25) is 0 Å². The molecule has 1 saturated heterocycles. The zero-order valence-electron chi connectivity index (χ0n) is 20.2. The Hall–Kier alpha value is -3.66. The number of aryl methyl sites for hydroxylation is 2. The van der Waals surface area contributed by atoms with E-state index in [1.54, 1.807) is 22.9 Å². The molecule has 10 heteroatoms. The normalized spacial score (nSPS) is 18.3. The summed E-state index contributed by atoms with van der Waals surface area (Å²) in [5.74, 6) is -0.742. The van der Waals surface area contributed by atoms with Crippen LogP contribution >= 0.6 is 0 Å². The number of likely N-dealkylation sites (tertiary alicyclic amines) is 1. The number of nitrogens with one attached hydrogen (secondary N) is 1. The van der Waals surface area contributed by atoms with Gasteiger partial charge in [0, 0.05) is 30.4 Å². The summed E-state index contributed by atoms with van der Waals surface area (Å²) in [6, 6.07) is 12.9. The Kier molecular flexibility index (Phi) is 7.16. The lowest BCUT2D eigenvalue weighted by Crippen LogP contribution is -2.37. The molecule has 2 aromatic carbocycles. The lowest BCUT2D eigenvalue weighted by molar-refractivity contribution is -0.146. The first-order valence-corrected chi connectivity index (χ1v) is 11.5. The van der Waals surface area contributed by atoms with Gasteiger partial charge >= 0.3 is 12.1 Å². The minimum Gasteiger partial charge on any atom is -0.468 e. The van der Waals surface area contributed by atoms with Gasteiger partial charge in [-0.25, -0.2) is 4.68 Å². The molecule has 1 amide bonds. The zero-order chi connectivity index (χ0) is 26.0. The summed E-state index contributed by atoms with van der Waals surface area (Å²) in [5, 5.41) is 7.44. The maximum absolute atomic E-state index is 13.0. The molecule has 0 spiro atoms. The first kappa shape index (κ1) is 25.4. The van der Waals surface area contributed by atoms with Crippen LogP contribution in [0.15, 0.2) is 54.6 Å². The minimum absolute atomic E-state index is 0.248. The molecule has 1 aliphatic rings. The molecule has 0 unspecified atom stereocenters. The summed E-state index contributed by atoms with van der Waals surface area (Å²) in [7, 11) is 1.29. The Balaban J connectivity index is 1.46. The topological polar surface area (TPSA) is 76.5 Å². The monoisotopic (exact) mass is 500 g/mol. The maximum Gasteiger partial charge on any atom is 0.416 e. The molecule has 7 nitrogen and oxygen atoms in total. The van der Waals surface area contributed by atoms with E-state index in [4.69, 9.17) is 4.74 Å². The molecule has 1 aromatic heterocycles. The predicted octanol–water partition coefficient (Wildman–Crippen LogP) is 4.05. The molecular weight excluding hydrogens is 473 g/mol. The van der Waals surface area contributed by atoms with E-state index in [0.29, 0.717) is 24.1 Å². The van der Waals surface area contributed by atoms with E-state index in [2.05, 4.69) is 10.4 Å². The number of benzene rings is 2. The lowest BCUT2D eigenvalue weighted by atomic mass is 10.1. The van der Waals surface area contributed by atoms with Crippen molar-refractivity contribution in [3.8, 4) is 5.69 Å². The average Bonchev–Trinajstić information content (AvgIpc) is 3.39. The Labute approximate surface area is 206 Å². The molecule has 1 fully saturated rings. The molecule has 1 N–H and O–H groups in total. The Bertz CT molecular complexity index is 1250. The second-order valence-electron chi connectivity index (χ2n) is 8.96. The largest absolute Gasteiger partial charge is 0.468 e. The highest BCUT2D eigenvalue weighted by atomic mass is 19.4. The Morgan fingerprint density at radius 1 is 1.11 bits per heavy atom. The summed E-state index contributed by atoms with van der Waals surface area (Å²) in [6.07, 6.45) is -4.08. The fourth-order valence-corrected chi connectivity index (χ4v) is 4.54. The van der Waals surface area contributed by atoms with Crippen molar-refractivity contribution in [2.45, 2.75) is 45.1 Å². The Morgan fingerprint density at radius 3 is 2.44 bits per heavy atom. The van der Waals surface area contributed by atoms with Crippen molar-refractivity contribution in [1.29, 1.82) is 0 Å². The third-order valence-electron chi connectivity index (χ3n) is 6.24.